The van der Waals surface area contributed by atoms with Crippen molar-refractivity contribution in [1.82, 2.24) is 11.0 Å². The minimum atomic E-state index is 0.589. The lowest BCUT2D eigenvalue weighted by Crippen LogP contribution is -2.30. The molecule has 1 rings (SSSR count). The van der Waals surface area contributed by atoms with Gasteiger partial charge in [-0.2, -0.15) is 0 Å². The van der Waals surface area contributed by atoms with Crippen LogP contribution in [0.1, 0.15) is 6.92 Å². The van der Waals surface area contributed by atoms with Gasteiger partial charge >= 0.3 is 0 Å². The van der Waals surface area contributed by atoms with Crippen LogP contribution in [0.15, 0.2) is 16.9 Å². The second-order valence-corrected chi connectivity index (χ2v) is 1.72. The van der Waals surface area contributed by atoms with Crippen LogP contribution in [0, 0.1) is 0 Å². The standard InChI is InChI=1S/C5H9N3O/c1-4-3-5(9-2)7-8-6-4/h3,6,8H,1-2H3. The molecule has 0 fully saturated rings. The van der Waals surface area contributed by atoms with E-state index in [1.807, 2.05) is 6.92 Å². The molecule has 1 aliphatic rings. The molecule has 1 heterocycles. The van der Waals surface area contributed by atoms with E-state index >= 15 is 0 Å². The lowest BCUT2D eigenvalue weighted by molar-refractivity contribution is 0.393. The maximum atomic E-state index is 4.83. The number of hydrogen-bond donors (Lipinski definition) is 2. The molecule has 0 atom stereocenters. The Morgan fingerprint density at radius 2 is 2.44 bits per heavy atom. The van der Waals surface area contributed by atoms with Crippen LogP contribution in [0.25, 0.3) is 0 Å². The van der Waals surface area contributed by atoms with E-state index < -0.39 is 0 Å². The topological polar surface area (TPSA) is 45.6 Å². The summed E-state index contributed by atoms with van der Waals surface area (Å²) in [4.78, 5) is 0. The first-order valence-electron chi connectivity index (χ1n) is 2.64. The molecule has 9 heavy (non-hydrogen) atoms. The van der Waals surface area contributed by atoms with Gasteiger partial charge in [0.1, 0.15) is 0 Å². The molecule has 0 saturated carbocycles. The molecule has 0 aromatic carbocycles. The van der Waals surface area contributed by atoms with Crippen LogP contribution in [0.2, 0.25) is 0 Å². The zero-order chi connectivity index (χ0) is 6.69. The van der Waals surface area contributed by atoms with E-state index in [1.54, 1.807) is 13.2 Å². The molecule has 0 aromatic heterocycles. The summed E-state index contributed by atoms with van der Waals surface area (Å²) in [5.74, 6) is 0.589. The van der Waals surface area contributed by atoms with Gasteiger partial charge in [-0.05, 0) is 6.92 Å². The molecule has 0 spiro atoms. The monoisotopic (exact) mass is 127 g/mol. The summed E-state index contributed by atoms with van der Waals surface area (Å²) in [6.45, 7) is 1.92. The van der Waals surface area contributed by atoms with Crippen molar-refractivity contribution in [2.24, 2.45) is 5.10 Å². The van der Waals surface area contributed by atoms with Crippen molar-refractivity contribution in [2.45, 2.75) is 6.92 Å². The molecule has 0 bridgehead atoms. The highest BCUT2D eigenvalue weighted by molar-refractivity contribution is 5.88. The fourth-order valence-corrected chi connectivity index (χ4v) is 0.529. The van der Waals surface area contributed by atoms with Gasteiger partial charge in [0.15, 0.2) is 0 Å². The van der Waals surface area contributed by atoms with E-state index in [4.69, 9.17) is 4.74 Å². The highest BCUT2D eigenvalue weighted by Gasteiger charge is 1.98. The minimum absolute atomic E-state index is 0.589. The van der Waals surface area contributed by atoms with Crippen LogP contribution >= 0.6 is 0 Å². The Kier molecular flexibility index (Phi) is 1.58. The van der Waals surface area contributed by atoms with Gasteiger partial charge in [0.2, 0.25) is 5.90 Å². The van der Waals surface area contributed by atoms with E-state index in [1.165, 1.54) is 0 Å². The number of nitrogens with one attached hydrogen (secondary N) is 2. The first-order valence-corrected chi connectivity index (χ1v) is 2.64. The van der Waals surface area contributed by atoms with E-state index in [0.29, 0.717) is 5.90 Å². The maximum Gasteiger partial charge on any atom is 0.234 e. The van der Waals surface area contributed by atoms with Crippen LogP contribution in [-0.2, 0) is 4.74 Å². The quantitative estimate of drug-likeness (QED) is 0.480. The van der Waals surface area contributed by atoms with Gasteiger partial charge in [-0.25, -0.2) is 5.53 Å². The third kappa shape index (κ3) is 1.35. The van der Waals surface area contributed by atoms with Crippen LogP contribution in [0.5, 0.6) is 0 Å². The van der Waals surface area contributed by atoms with Crippen LogP contribution in [0.3, 0.4) is 0 Å². The van der Waals surface area contributed by atoms with E-state index in [0.717, 1.165) is 5.70 Å². The van der Waals surface area contributed by atoms with E-state index in [-0.39, 0.29) is 0 Å². The van der Waals surface area contributed by atoms with Gasteiger partial charge in [-0.1, -0.05) is 0 Å². The predicted molar refractivity (Wildman–Crippen MR) is 34.5 cm³/mol. The number of ether oxygens (including phenoxy) is 1. The highest BCUT2D eigenvalue weighted by Crippen LogP contribution is 1.92. The molecule has 2 N–H and O–H groups in total. The summed E-state index contributed by atoms with van der Waals surface area (Å²) in [7, 11) is 1.58. The Bertz CT molecular complexity index is 162. The van der Waals surface area contributed by atoms with Crippen molar-refractivity contribution in [1.29, 1.82) is 0 Å². The molecular weight excluding hydrogens is 118 g/mol. The fraction of sp³-hybridized carbons (Fsp3) is 0.400. The third-order valence-corrected chi connectivity index (χ3v) is 0.968. The van der Waals surface area contributed by atoms with E-state index in [9.17, 15) is 0 Å². The largest absolute Gasteiger partial charge is 0.480 e. The molecular formula is C5H9N3O. The average Bonchev–Trinajstić information content (AvgIpc) is 1.88. The summed E-state index contributed by atoms with van der Waals surface area (Å²) >= 11 is 0. The van der Waals surface area contributed by atoms with Gasteiger partial charge in [0.25, 0.3) is 0 Å². The summed E-state index contributed by atoms with van der Waals surface area (Å²) in [6, 6.07) is 0. The first kappa shape index (κ1) is 5.94. The zero-order valence-corrected chi connectivity index (χ0v) is 5.43. The molecule has 0 aromatic rings. The summed E-state index contributed by atoms with van der Waals surface area (Å²) < 4.78 is 4.83. The SMILES string of the molecule is COC1=NNNC(C)=C1. The molecule has 1 aliphatic heterocycles. The van der Waals surface area contributed by atoms with Gasteiger partial charge in [0, 0.05) is 11.8 Å². The molecule has 0 radical (unpaired) electrons. The zero-order valence-electron chi connectivity index (χ0n) is 5.43. The number of rotatable bonds is 0. The Morgan fingerprint density at radius 1 is 1.67 bits per heavy atom. The van der Waals surface area contributed by atoms with Crippen LogP contribution < -0.4 is 11.0 Å². The lowest BCUT2D eigenvalue weighted by atomic mass is 10.4. The van der Waals surface area contributed by atoms with Crippen molar-refractivity contribution in [3.63, 3.8) is 0 Å². The van der Waals surface area contributed by atoms with Gasteiger partial charge in [-0.15, -0.1) is 5.10 Å². The Morgan fingerprint density at radius 3 is 2.89 bits per heavy atom. The fourth-order valence-electron chi connectivity index (χ4n) is 0.529. The summed E-state index contributed by atoms with van der Waals surface area (Å²) in [5.41, 5.74) is 6.36. The number of allylic oxidation sites excluding steroid dienone is 1. The van der Waals surface area contributed by atoms with Gasteiger partial charge < -0.3 is 4.74 Å². The first-order chi connectivity index (χ1) is 4.33. The second kappa shape index (κ2) is 2.39. The Hall–Kier alpha value is -1.19. The van der Waals surface area contributed by atoms with Crippen molar-refractivity contribution >= 4 is 5.90 Å². The predicted octanol–water partition coefficient (Wildman–Crippen LogP) is -0.0421. The smallest absolute Gasteiger partial charge is 0.234 e. The van der Waals surface area contributed by atoms with Crippen LogP contribution in [0.4, 0.5) is 0 Å². The molecule has 0 amide bonds. The Labute approximate surface area is 53.6 Å². The number of nitrogens with zero attached hydrogens (tertiary/aromatic N) is 1. The van der Waals surface area contributed by atoms with Crippen molar-refractivity contribution < 1.29 is 4.74 Å². The normalized spacial score (nSPS) is 16.7. The number of hydrazone groups is 1. The third-order valence-electron chi connectivity index (χ3n) is 0.968. The minimum Gasteiger partial charge on any atom is -0.480 e. The number of hydrogen-bond acceptors (Lipinski definition) is 4. The average molecular weight is 127 g/mol. The molecule has 4 nitrogen and oxygen atoms in total. The summed E-state index contributed by atoms with van der Waals surface area (Å²) in [6.07, 6.45) is 1.80. The number of hydrazine groups is 1. The molecule has 50 valence electrons. The van der Waals surface area contributed by atoms with E-state index in [2.05, 4.69) is 16.1 Å². The second-order valence-electron chi connectivity index (χ2n) is 1.72. The molecule has 0 unspecified atom stereocenters. The molecule has 4 heteroatoms. The van der Waals surface area contributed by atoms with Crippen LogP contribution in [-0.4, -0.2) is 13.0 Å². The highest BCUT2D eigenvalue weighted by atomic mass is 16.5. The maximum absolute atomic E-state index is 4.83. The van der Waals surface area contributed by atoms with Crippen molar-refractivity contribution in [2.75, 3.05) is 7.11 Å². The molecule has 0 aliphatic carbocycles. The van der Waals surface area contributed by atoms with Gasteiger partial charge in [-0.3, -0.25) is 5.43 Å². The summed E-state index contributed by atoms with van der Waals surface area (Å²) in [5, 5.41) is 3.76. The lowest BCUT2D eigenvalue weighted by Gasteiger charge is -2.11. The molecule has 0 saturated heterocycles. The van der Waals surface area contributed by atoms with Crippen molar-refractivity contribution in [3.8, 4) is 0 Å². The number of methoxy groups -OCH3 is 1. The van der Waals surface area contributed by atoms with Crippen molar-refractivity contribution in [3.05, 3.63) is 11.8 Å². The van der Waals surface area contributed by atoms with Gasteiger partial charge in [0.05, 0.1) is 7.11 Å². The Balaban J connectivity index is 2.63.